The number of aryl methyl sites for hydroxylation is 3. The first kappa shape index (κ1) is 21.8. The molecule has 158 valence electrons. The smallest absolute Gasteiger partial charge is 0.261 e. The highest BCUT2D eigenvalue weighted by Gasteiger charge is 2.18. The molecular formula is C25H31N3O2. The van der Waals surface area contributed by atoms with Crippen molar-refractivity contribution in [3.63, 3.8) is 0 Å². The van der Waals surface area contributed by atoms with Crippen LogP contribution in [0.3, 0.4) is 0 Å². The number of amides is 1. The highest BCUT2D eigenvalue weighted by molar-refractivity contribution is 5.80. The largest absolute Gasteiger partial charge is 0.349 e. The Morgan fingerprint density at radius 3 is 2.53 bits per heavy atom. The second-order valence-electron chi connectivity index (χ2n) is 8.20. The van der Waals surface area contributed by atoms with Crippen molar-refractivity contribution in [2.45, 2.75) is 59.5 Å². The van der Waals surface area contributed by atoms with Gasteiger partial charge in [0.1, 0.15) is 0 Å². The summed E-state index contributed by atoms with van der Waals surface area (Å²) in [5.41, 5.74) is 4.09. The van der Waals surface area contributed by atoms with Crippen molar-refractivity contribution in [2.75, 3.05) is 0 Å². The van der Waals surface area contributed by atoms with Crippen molar-refractivity contribution < 1.29 is 4.79 Å². The number of para-hydroxylation sites is 1. The maximum absolute atomic E-state index is 12.7. The Kier molecular flexibility index (Phi) is 7.03. The van der Waals surface area contributed by atoms with Gasteiger partial charge in [-0.1, -0.05) is 57.2 Å². The Balaban J connectivity index is 1.61. The molecule has 1 atom stereocenters. The summed E-state index contributed by atoms with van der Waals surface area (Å²) in [6.45, 7) is 8.78. The number of carbonyl (C=O) groups is 1. The lowest BCUT2D eigenvalue weighted by molar-refractivity contribution is -0.122. The zero-order valence-electron chi connectivity index (χ0n) is 18.3. The van der Waals surface area contributed by atoms with Crippen LogP contribution in [-0.2, 0) is 17.8 Å². The minimum absolute atomic E-state index is 0.00547. The molecule has 2 aromatic carbocycles. The van der Waals surface area contributed by atoms with E-state index in [2.05, 4.69) is 55.3 Å². The summed E-state index contributed by atoms with van der Waals surface area (Å²) in [4.78, 5) is 29.7. The average molecular weight is 406 g/mol. The zero-order valence-corrected chi connectivity index (χ0v) is 18.3. The molecule has 5 nitrogen and oxygen atoms in total. The highest BCUT2D eigenvalue weighted by Crippen LogP contribution is 2.22. The Hall–Kier alpha value is -2.95. The fourth-order valence-electron chi connectivity index (χ4n) is 3.75. The monoisotopic (exact) mass is 405 g/mol. The van der Waals surface area contributed by atoms with E-state index in [1.54, 1.807) is 17.0 Å². The zero-order chi connectivity index (χ0) is 21.7. The predicted octanol–water partition coefficient (Wildman–Crippen LogP) is 4.56. The van der Waals surface area contributed by atoms with Crippen molar-refractivity contribution in [1.82, 2.24) is 14.9 Å². The molecule has 0 aliphatic carbocycles. The number of benzene rings is 2. The molecule has 0 saturated heterocycles. The van der Waals surface area contributed by atoms with Crippen LogP contribution < -0.4 is 10.9 Å². The Morgan fingerprint density at radius 1 is 1.13 bits per heavy atom. The molecule has 0 radical (unpaired) electrons. The molecule has 3 rings (SSSR count). The van der Waals surface area contributed by atoms with Gasteiger partial charge in [-0.3, -0.25) is 14.2 Å². The molecule has 0 aliphatic heterocycles. The third-order valence-electron chi connectivity index (χ3n) is 5.59. The van der Waals surface area contributed by atoms with Gasteiger partial charge in [-0.2, -0.15) is 0 Å². The van der Waals surface area contributed by atoms with Gasteiger partial charge >= 0.3 is 0 Å². The first-order chi connectivity index (χ1) is 14.4. The molecule has 0 fully saturated rings. The Labute approximate surface area is 178 Å². The highest BCUT2D eigenvalue weighted by atomic mass is 16.1. The van der Waals surface area contributed by atoms with Crippen molar-refractivity contribution in [1.29, 1.82) is 0 Å². The molecule has 0 aliphatic rings. The number of nitrogens with zero attached hydrogens (tertiary/aromatic N) is 2. The number of carbonyl (C=O) groups excluding carboxylic acids is 1. The van der Waals surface area contributed by atoms with Gasteiger partial charge in [0.15, 0.2) is 0 Å². The van der Waals surface area contributed by atoms with Gasteiger partial charge < -0.3 is 5.32 Å². The third kappa shape index (κ3) is 4.96. The molecule has 5 heteroatoms. The van der Waals surface area contributed by atoms with E-state index in [0.29, 0.717) is 24.8 Å². The van der Waals surface area contributed by atoms with Gasteiger partial charge in [-0.15, -0.1) is 0 Å². The van der Waals surface area contributed by atoms with Gasteiger partial charge in [0, 0.05) is 13.0 Å². The van der Waals surface area contributed by atoms with Crippen LogP contribution in [0.25, 0.3) is 10.9 Å². The number of nitrogens with one attached hydrogen (secondary N) is 1. The number of hydrogen-bond donors (Lipinski definition) is 1. The predicted molar refractivity (Wildman–Crippen MR) is 122 cm³/mol. The van der Waals surface area contributed by atoms with Crippen molar-refractivity contribution in [3.8, 4) is 0 Å². The summed E-state index contributed by atoms with van der Waals surface area (Å²) in [6.07, 6.45) is 3.54. The van der Waals surface area contributed by atoms with E-state index in [0.717, 1.165) is 23.1 Å². The maximum Gasteiger partial charge on any atom is 0.261 e. The Morgan fingerprint density at radius 2 is 1.87 bits per heavy atom. The molecule has 0 unspecified atom stereocenters. The molecule has 1 aromatic heterocycles. The van der Waals surface area contributed by atoms with Gasteiger partial charge in [0.05, 0.1) is 23.3 Å². The minimum atomic E-state index is -0.0554. The standard InChI is InChI=1S/C25H31N3O2/c1-5-19-11-13-20(14-12-19)23(17(2)3)27-22(29)10-7-15-28-16-26-24-18(4)8-6-9-21(24)25(28)30/h6,8-9,11-14,16-17,23H,5,7,10,15H2,1-4H3,(H,27,29)/t23-/m1/s1. The van der Waals surface area contributed by atoms with Crippen LogP contribution >= 0.6 is 0 Å². The van der Waals surface area contributed by atoms with Gasteiger partial charge in [0.2, 0.25) is 5.91 Å². The minimum Gasteiger partial charge on any atom is -0.349 e. The van der Waals surface area contributed by atoms with Crippen molar-refractivity contribution in [3.05, 3.63) is 75.8 Å². The van der Waals surface area contributed by atoms with Crippen LogP contribution in [0.5, 0.6) is 0 Å². The molecular weight excluding hydrogens is 374 g/mol. The van der Waals surface area contributed by atoms with E-state index in [4.69, 9.17) is 0 Å². The SMILES string of the molecule is CCc1ccc([C@H](NC(=O)CCCn2cnc3c(C)cccc3c2=O)C(C)C)cc1. The molecule has 0 saturated carbocycles. The van der Waals surface area contributed by atoms with E-state index < -0.39 is 0 Å². The maximum atomic E-state index is 12.7. The second-order valence-corrected chi connectivity index (χ2v) is 8.20. The molecule has 0 spiro atoms. The molecule has 30 heavy (non-hydrogen) atoms. The van der Waals surface area contributed by atoms with Gasteiger partial charge in [-0.25, -0.2) is 4.98 Å². The van der Waals surface area contributed by atoms with Crippen LogP contribution in [0.2, 0.25) is 0 Å². The summed E-state index contributed by atoms with van der Waals surface area (Å²) >= 11 is 0. The van der Waals surface area contributed by atoms with Gasteiger partial charge in [0.25, 0.3) is 5.56 Å². The van der Waals surface area contributed by atoms with E-state index in [1.807, 2.05) is 19.1 Å². The molecule has 1 heterocycles. The van der Waals surface area contributed by atoms with Crippen LogP contribution in [0.15, 0.2) is 53.6 Å². The fraction of sp³-hybridized carbons (Fsp3) is 0.400. The van der Waals surface area contributed by atoms with E-state index in [-0.39, 0.29) is 23.4 Å². The number of rotatable bonds is 8. The first-order valence-electron chi connectivity index (χ1n) is 10.7. The lowest BCUT2D eigenvalue weighted by Gasteiger charge is -2.23. The first-order valence-corrected chi connectivity index (χ1v) is 10.7. The molecule has 1 amide bonds. The summed E-state index contributed by atoms with van der Waals surface area (Å²) in [6, 6.07) is 14.1. The average Bonchev–Trinajstić information content (AvgIpc) is 2.74. The van der Waals surface area contributed by atoms with Crippen LogP contribution in [0.4, 0.5) is 0 Å². The second kappa shape index (κ2) is 9.70. The topological polar surface area (TPSA) is 64.0 Å². The number of hydrogen-bond acceptors (Lipinski definition) is 3. The quantitative estimate of drug-likeness (QED) is 0.597. The van der Waals surface area contributed by atoms with Gasteiger partial charge in [-0.05, 0) is 48.4 Å². The third-order valence-corrected chi connectivity index (χ3v) is 5.59. The lowest BCUT2D eigenvalue weighted by atomic mass is 9.94. The fourth-order valence-corrected chi connectivity index (χ4v) is 3.75. The van der Waals surface area contributed by atoms with Crippen LogP contribution in [0, 0.1) is 12.8 Å². The Bertz CT molecular complexity index is 1070. The van der Waals surface area contributed by atoms with Crippen LogP contribution in [0.1, 0.15) is 56.3 Å². The molecule has 1 N–H and O–H groups in total. The number of fused-ring (bicyclic) bond motifs is 1. The van der Waals surface area contributed by atoms with Crippen molar-refractivity contribution in [2.24, 2.45) is 5.92 Å². The summed E-state index contributed by atoms with van der Waals surface area (Å²) in [5, 5.41) is 3.79. The normalized spacial score (nSPS) is 12.3. The lowest BCUT2D eigenvalue weighted by Crippen LogP contribution is -2.32. The molecule has 0 bridgehead atoms. The molecule has 3 aromatic rings. The van der Waals surface area contributed by atoms with E-state index >= 15 is 0 Å². The van der Waals surface area contributed by atoms with E-state index in [9.17, 15) is 9.59 Å². The summed E-state index contributed by atoms with van der Waals surface area (Å²) in [5.74, 6) is 0.294. The van der Waals surface area contributed by atoms with Crippen LogP contribution in [-0.4, -0.2) is 15.5 Å². The number of aromatic nitrogens is 2. The van der Waals surface area contributed by atoms with E-state index in [1.165, 1.54) is 5.56 Å². The summed E-state index contributed by atoms with van der Waals surface area (Å²) < 4.78 is 1.60. The summed E-state index contributed by atoms with van der Waals surface area (Å²) in [7, 11) is 0. The van der Waals surface area contributed by atoms with Crippen molar-refractivity contribution >= 4 is 16.8 Å².